The van der Waals surface area contributed by atoms with E-state index >= 15 is 0 Å². The molecule has 1 saturated heterocycles. The number of pyridine rings is 1. The van der Waals surface area contributed by atoms with Gasteiger partial charge in [-0.1, -0.05) is 6.07 Å². The van der Waals surface area contributed by atoms with Gasteiger partial charge in [0, 0.05) is 55.1 Å². The molecule has 0 unspecified atom stereocenters. The number of nitro benzene ring substituents is 1. The number of likely N-dealkylation sites (tertiary alicyclic amines) is 1. The third-order valence-corrected chi connectivity index (χ3v) is 5.28. The molecule has 1 aromatic heterocycles. The first-order chi connectivity index (χ1) is 13.0. The second-order valence-corrected chi connectivity index (χ2v) is 7.24. The van der Waals surface area contributed by atoms with Crippen LogP contribution in [0.2, 0.25) is 0 Å². The van der Waals surface area contributed by atoms with Crippen LogP contribution in [0.4, 0.5) is 11.4 Å². The monoisotopic (exact) mass is 368 g/mol. The fourth-order valence-electron chi connectivity index (χ4n) is 4.19. The lowest BCUT2D eigenvalue weighted by atomic mass is 9.83. The number of carbonyl (C=O) groups excluding carboxylic acids is 1. The number of nitro groups is 1. The molecule has 1 amide bonds. The maximum atomic E-state index is 12.4. The minimum Gasteiger partial charge on any atom is -0.325 e. The SMILES string of the molecule is O=C(CN1C[C@H]2C[C@H](C1)c1cccc(=O)n1C2)Nc1ccc([N+](=O)[O-])cc1. The average molecular weight is 368 g/mol. The van der Waals surface area contributed by atoms with Crippen molar-refractivity contribution >= 4 is 17.3 Å². The van der Waals surface area contributed by atoms with Crippen molar-refractivity contribution < 1.29 is 9.72 Å². The number of aromatic nitrogens is 1. The predicted octanol–water partition coefficient (Wildman–Crippen LogP) is 1.81. The summed E-state index contributed by atoms with van der Waals surface area (Å²) in [5, 5.41) is 13.5. The number of non-ortho nitro benzene ring substituents is 1. The average Bonchev–Trinajstić information content (AvgIpc) is 2.63. The number of rotatable bonds is 4. The van der Waals surface area contributed by atoms with Crippen LogP contribution in [0.1, 0.15) is 18.0 Å². The second-order valence-electron chi connectivity index (χ2n) is 7.24. The molecule has 2 bridgehead atoms. The molecular formula is C19H20N4O4. The molecule has 2 aromatic rings. The molecule has 1 aromatic carbocycles. The van der Waals surface area contributed by atoms with E-state index in [2.05, 4.69) is 10.2 Å². The zero-order valence-electron chi connectivity index (χ0n) is 14.7. The van der Waals surface area contributed by atoms with Gasteiger partial charge in [0.1, 0.15) is 0 Å². The van der Waals surface area contributed by atoms with Gasteiger partial charge in [-0.3, -0.25) is 24.6 Å². The molecule has 0 radical (unpaired) electrons. The van der Waals surface area contributed by atoms with Gasteiger partial charge in [-0.05, 0) is 30.5 Å². The Morgan fingerprint density at radius 2 is 1.93 bits per heavy atom. The van der Waals surface area contributed by atoms with Crippen LogP contribution in [-0.2, 0) is 11.3 Å². The lowest BCUT2D eigenvalue weighted by Gasteiger charge is -2.42. The highest BCUT2D eigenvalue weighted by molar-refractivity contribution is 5.92. The van der Waals surface area contributed by atoms with Crippen molar-refractivity contribution in [2.45, 2.75) is 18.9 Å². The summed E-state index contributed by atoms with van der Waals surface area (Å²) in [6.45, 7) is 2.49. The van der Waals surface area contributed by atoms with Crippen molar-refractivity contribution in [2.75, 3.05) is 25.0 Å². The van der Waals surface area contributed by atoms with Crippen molar-refractivity contribution in [1.29, 1.82) is 0 Å². The van der Waals surface area contributed by atoms with E-state index in [0.29, 0.717) is 18.2 Å². The van der Waals surface area contributed by atoms with Crippen LogP contribution in [0.3, 0.4) is 0 Å². The van der Waals surface area contributed by atoms with E-state index in [1.807, 2.05) is 10.6 Å². The molecule has 0 aliphatic carbocycles. The number of nitrogens with zero attached hydrogens (tertiary/aromatic N) is 3. The normalized spacial score (nSPS) is 21.3. The predicted molar refractivity (Wildman–Crippen MR) is 99.7 cm³/mol. The Balaban J connectivity index is 1.40. The van der Waals surface area contributed by atoms with Crippen LogP contribution in [0.15, 0.2) is 47.3 Å². The lowest BCUT2D eigenvalue weighted by Crippen LogP contribution is -2.49. The van der Waals surface area contributed by atoms with Gasteiger partial charge in [0.15, 0.2) is 0 Å². The topological polar surface area (TPSA) is 97.5 Å². The summed E-state index contributed by atoms with van der Waals surface area (Å²) in [6.07, 6.45) is 1.05. The highest BCUT2D eigenvalue weighted by Gasteiger charge is 2.34. The quantitative estimate of drug-likeness (QED) is 0.656. The van der Waals surface area contributed by atoms with Gasteiger partial charge in [-0.15, -0.1) is 0 Å². The molecule has 1 fully saturated rings. The number of fused-ring (bicyclic) bond motifs is 4. The fraction of sp³-hybridized carbons (Fsp3) is 0.368. The minimum atomic E-state index is -0.471. The Morgan fingerprint density at radius 1 is 1.15 bits per heavy atom. The summed E-state index contributed by atoms with van der Waals surface area (Å²) < 4.78 is 1.87. The van der Waals surface area contributed by atoms with E-state index < -0.39 is 4.92 Å². The number of hydrogen-bond donors (Lipinski definition) is 1. The van der Waals surface area contributed by atoms with Crippen LogP contribution in [0.25, 0.3) is 0 Å². The minimum absolute atomic E-state index is 0.00855. The van der Waals surface area contributed by atoms with Crippen LogP contribution in [0, 0.1) is 16.0 Å². The molecule has 0 spiro atoms. The van der Waals surface area contributed by atoms with Crippen molar-refractivity contribution in [1.82, 2.24) is 9.47 Å². The summed E-state index contributed by atoms with van der Waals surface area (Å²) in [4.78, 5) is 36.8. The molecule has 8 nitrogen and oxygen atoms in total. The summed E-state index contributed by atoms with van der Waals surface area (Å²) in [5.41, 5.74) is 1.64. The Hall–Kier alpha value is -3.00. The smallest absolute Gasteiger partial charge is 0.269 e. The lowest BCUT2D eigenvalue weighted by molar-refractivity contribution is -0.384. The summed E-state index contributed by atoms with van der Waals surface area (Å²) >= 11 is 0. The number of piperidine rings is 1. The van der Waals surface area contributed by atoms with Crippen LogP contribution < -0.4 is 10.9 Å². The molecule has 140 valence electrons. The van der Waals surface area contributed by atoms with Crippen molar-refractivity contribution in [2.24, 2.45) is 5.92 Å². The van der Waals surface area contributed by atoms with Gasteiger partial charge in [0.25, 0.3) is 11.2 Å². The maximum absolute atomic E-state index is 12.4. The third-order valence-electron chi connectivity index (χ3n) is 5.28. The summed E-state index contributed by atoms with van der Waals surface area (Å²) in [6, 6.07) is 11.2. The molecular weight excluding hydrogens is 348 g/mol. The molecule has 0 saturated carbocycles. The standard InChI is InChI=1S/C19H20N4O4/c24-18(20-15-4-6-16(7-5-15)23(26)27)12-21-9-13-8-14(11-21)17-2-1-3-19(25)22(17)10-13/h1-7,13-14H,8-12H2,(H,20,24)/t13-,14-/m1/s1. The molecule has 3 heterocycles. The Kier molecular flexibility index (Phi) is 4.49. The Labute approximate surface area is 155 Å². The first kappa shape index (κ1) is 17.4. The molecule has 2 aliphatic heterocycles. The van der Waals surface area contributed by atoms with Gasteiger partial charge >= 0.3 is 0 Å². The van der Waals surface area contributed by atoms with Crippen molar-refractivity contribution in [3.05, 3.63) is 68.6 Å². The van der Waals surface area contributed by atoms with E-state index in [1.165, 1.54) is 24.3 Å². The highest BCUT2D eigenvalue weighted by atomic mass is 16.6. The van der Waals surface area contributed by atoms with E-state index in [-0.39, 0.29) is 29.6 Å². The first-order valence-corrected chi connectivity index (χ1v) is 8.96. The van der Waals surface area contributed by atoms with Crippen LogP contribution in [-0.4, -0.2) is 39.9 Å². The third kappa shape index (κ3) is 3.61. The fourth-order valence-corrected chi connectivity index (χ4v) is 4.19. The summed E-state index contributed by atoms with van der Waals surface area (Å²) in [7, 11) is 0. The van der Waals surface area contributed by atoms with Crippen molar-refractivity contribution in [3.8, 4) is 0 Å². The molecule has 27 heavy (non-hydrogen) atoms. The Morgan fingerprint density at radius 3 is 2.67 bits per heavy atom. The van der Waals surface area contributed by atoms with E-state index in [1.54, 1.807) is 12.1 Å². The van der Waals surface area contributed by atoms with E-state index in [9.17, 15) is 19.7 Å². The molecule has 4 rings (SSSR count). The molecule has 2 atom stereocenters. The number of hydrogen-bond acceptors (Lipinski definition) is 5. The maximum Gasteiger partial charge on any atom is 0.269 e. The largest absolute Gasteiger partial charge is 0.325 e. The van der Waals surface area contributed by atoms with Gasteiger partial charge in [0.2, 0.25) is 5.91 Å². The summed E-state index contributed by atoms with van der Waals surface area (Å²) in [5.74, 6) is 0.483. The van der Waals surface area contributed by atoms with Gasteiger partial charge < -0.3 is 9.88 Å². The molecule has 2 aliphatic rings. The van der Waals surface area contributed by atoms with Gasteiger partial charge in [-0.2, -0.15) is 0 Å². The Bertz CT molecular complexity index is 937. The molecule has 1 N–H and O–H groups in total. The van der Waals surface area contributed by atoms with Crippen LogP contribution >= 0.6 is 0 Å². The highest BCUT2D eigenvalue weighted by Crippen LogP contribution is 2.34. The molecule has 8 heteroatoms. The van der Waals surface area contributed by atoms with Gasteiger partial charge in [-0.25, -0.2) is 0 Å². The number of benzene rings is 1. The van der Waals surface area contributed by atoms with Gasteiger partial charge in [0.05, 0.1) is 11.5 Å². The second kappa shape index (κ2) is 6.96. The zero-order chi connectivity index (χ0) is 19.0. The first-order valence-electron chi connectivity index (χ1n) is 8.96. The number of carbonyl (C=O) groups is 1. The van der Waals surface area contributed by atoms with Crippen molar-refractivity contribution in [3.63, 3.8) is 0 Å². The van der Waals surface area contributed by atoms with E-state index in [0.717, 1.165) is 25.2 Å². The number of amides is 1. The number of anilines is 1. The number of nitrogens with one attached hydrogen (secondary N) is 1. The van der Waals surface area contributed by atoms with Crippen LogP contribution in [0.5, 0.6) is 0 Å². The zero-order valence-corrected chi connectivity index (χ0v) is 14.7. The van der Waals surface area contributed by atoms with E-state index in [4.69, 9.17) is 0 Å².